The lowest BCUT2D eigenvalue weighted by Crippen LogP contribution is -2.42. The number of methoxy groups -OCH3 is 1. The minimum Gasteiger partial charge on any atom is -0.497 e. The Morgan fingerprint density at radius 1 is 1.45 bits per heavy atom. The highest BCUT2D eigenvalue weighted by Gasteiger charge is 2.22. The summed E-state index contributed by atoms with van der Waals surface area (Å²) < 4.78 is 5.17. The van der Waals surface area contributed by atoms with Gasteiger partial charge in [0, 0.05) is 37.6 Å². The van der Waals surface area contributed by atoms with Gasteiger partial charge in [-0.25, -0.2) is 0 Å². The number of nitrogens with one attached hydrogen (secondary N) is 1. The molecule has 4 nitrogen and oxygen atoms in total. The van der Waals surface area contributed by atoms with E-state index in [0.29, 0.717) is 12.5 Å². The van der Waals surface area contributed by atoms with Gasteiger partial charge in [0.2, 0.25) is 5.91 Å². The van der Waals surface area contributed by atoms with Crippen molar-refractivity contribution >= 4 is 30.1 Å². The second-order valence-electron chi connectivity index (χ2n) is 5.38. The van der Waals surface area contributed by atoms with Crippen LogP contribution in [0.4, 0.5) is 0 Å². The fourth-order valence-electron chi connectivity index (χ4n) is 2.43. The van der Waals surface area contributed by atoms with Crippen LogP contribution in [0.1, 0.15) is 24.9 Å². The first-order chi connectivity index (χ1) is 10.1. The predicted molar refractivity (Wildman–Crippen MR) is 95.2 cm³/mol. The normalized spacial score (nSPS) is 19.0. The number of amides is 1. The molecule has 1 aliphatic rings. The maximum atomic E-state index is 12.4. The average molecular weight is 345 g/mol. The molecule has 22 heavy (non-hydrogen) atoms. The molecule has 0 aliphatic carbocycles. The maximum absolute atomic E-state index is 12.4. The third-order valence-corrected chi connectivity index (χ3v) is 5.12. The molecule has 1 aromatic carbocycles. The van der Waals surface area contributed by atoms with Crippen LogP contribution in [0.15, 0.2) is 24.3 Å². The van der Waals surface area contributed by atoms with Crippen LogP contribution in [0, 0.1) is 0 Å². The topological polar surface area (TPSA) is 41.6 Å². The zero-order valence-electron chi connectivity index (χ0n) is 13.4. The number of ether oxygens (including phenoxy) is 1. The van der Waals surface area contributed by atoms with Crippen molar-refractivity contribution in [2.24, 2.45) is 0 Å². The molecule has 1 amide bonds. The summed E-state index contributed by atoms with van der Waals surface area (Å²) >= 11 is 1.92. The second kappa shape index (κ2) is 9.28. The molecule has 6 heteroatoms. The molecule has 2 atom stereocenters. The minimum absolute atomic E-state index is 0. The summed E-state index contributed by atoms with van der Waals surface area (Å²) in [5.74, 6) is 3.20. The number of benzene rings is 1. The Kier molecular flexibility index (Phi) is 8.07. The van der Waals surface area contributed by atoms with E-state index >= 15 is 0 Å². The van der Waals surface area contributed by atoms with Crippen LogP contribution < -0.4 is 10.1 Å². The highest BCUT2D eigenvalue weighted by Crippen LogP contribution is 2.22. The van der Waals surface area contributed by atoms with Crippen molar-refractivity contribution in [3.8, 4) is 5.75 Å². The molecule has 1 aromatic rings. The first-order valence-electron chi connectivity index (χ1n) is 7.32. The van der Waals surface area contributed by atoms with Gasteiger partial charge in [0.15, 0.2) is 0 Å². The molecule has 124 valence electrons. The summed E-state index contributed by atoms with van der Waals surface area (Å²) in [4.78, 5) is 14.2. The zero-order chi connectivity index (χ0) is 15.2. The van der Waals surface area contributed by atoms with Gasteiger partial charge in [0.25, 0.3) is 0 Å². The van der Waals surface area contributed by atoms with Gasteiger partial charge in [-0.15, -0.1) is 12.4 Å². The molecule has 1 aliphatic heterocycles. The van der Waals surface area contributed by atoms with Gasteiger partial charge in [-0.05, 0) is 24.6 Å². The molecule has 2 rings (SSSR count). The molecular formula is C16H25ClN2O2S. The number of rotatable bonds is 5. The van der Waals surface area contributed by atoms with E-state index < -0.39 is 0 Å². The Balaban J connectivity index is 0.00000242. The van der Waals surface area contributed by atoms with Crippen molar-refractivity contribution in [2.75, 3.05) is 32.2 Å². The van der Waals surface area contributed by atoms with Crippen molar-refractivity contribution in [1.82, 2.24) is 10.2 Å². The molecule has 1 heterocycles. The van der Waals surface area contributed by atoms with Gasteiger partial charge in [-0.1, -0.05) is 12.1 Å². The van der Waals surface area contributed by atoms with Crippen LogP contribution >= 0.6 is 24.2 Å². The van der Waals surface area contributed by atoms with E-state index in [9.17, 15) is 4.79 Å². The standard InChI is InChI=1S/C16H24N2O2S.ClH/c1-12(13-4-6-15(20-3)7-5-13)18(2)16(19)10-14-11-21-9-8-17-14;/h4-7,12,14,17H,8-11H2,1-3H3;1H. The average Bonchev–Trinajstić information content (AvgIpc) is 2.54. The Morgan fingerprint density at radius 3 is 2.68 bits per heavy atom. The summed E-state index contributed by atoms with van der Waals surface area (Å²) in [7, 11) is 3.54. The first kappa shape index (κ1) is 19.1. The lowest BCUT2D eigenvalue weighted by Gasteiger charge is -2.29. The van der Waals surface area contributed by atoms with E-state index in [0.717, 1.165) is 29.4 Å². The van der Waals surface area contributed by atoms with Gasteiger partial charge in [-0.2, -0.15) is 11.8 Å². The Hall–Kier alpha value is -0.910. The second-order valence-corrected chi connectivity index (χ2v) is 6.53. The van der Waals surface area contributed by atoms with Crippen LogP contribution in [0.5, 0.6) is 5.75 Å². The van der Waals surface area contributed by atoms with Crippen molar-refractivity contribution in [2.45, 2.75) is 25.4 Å². The monoisotopic (exact) mass is 344 g/mol. The van der Waals surface area contributed by atoms with Gasteiger partial charge in [-0.3, -0.25) is 4.79 Å². The number of nitrogens with zero attached hydrogens (tertiary/aromatic N) is 1. The molecule has 0 spiro atoms. The van der Waals surface area contributed by atoms with Crippen molar-refractivity contribution < 1.29 is 9.53 Å². The van der Waals surface area contributed by atoms with E-state index in [2.05, 4.69) is 12.2 Å². The number of carbonyl (C=O) groups is 1. The van der Waals surface area contributed by atoms with Crippen LogP contribution in [-0.4, -0.2) is 49.1 Å². The van der Waals surface area contributed by atoms with Crippen LogP contribution in [0.25, 0.3) is 0 Å². The highest BCUT2D eigenvalue weighted by atomic mass is 35.5. The van der Waals surface area contributed by atoms with Gasteiger partial charge < -0.3 is 15.0 Å². The molecule has 1 saturated heterocycles. The Bertz CT molecular complexity index is 464. The lowest BCUT2D eigenvalue weighted by atomic mass is 10.1. The van der Waals surface area contributed by atoms with E-state index in [1.54, 1.807) is 7.11 Å². The molecule has 2 unspecified atom stereocenters. The van der Waals surface area contributed by atoms with E-state index in [1.807, 2.05) is 48.0 Å². The van der Waals surface area contributed by atoms with E-state index in [4.69, 9.17) is 4.74 Å². The summed E-state index contributed by atoms with van der Waals surface area (Å²) in [5, 5.41) is 3.41. The molecule has 1 N–H and O–H groups in total. The third kappa shape index (κ3) is 5.07. The molecule has 0 saturated carbocycles. The summed E-state index contributed by atoms with van der Waals surface area (Å²) in [6.07, 6.45) is 0.573. The Morgan fingerprint density at radius 2 is 2.14 bits per heavy atom. The molecule has 1 fully saturated rings. The minimum atomic E-state index is 0. The quantitative estimate of drug-likeness (QED) is 0.891. The largest absolute Gasteiger partial charge is 0.497 e. The summed E-state index contributed by atoms with van der Waals surface area (Å²) in [6, 6.07) is 8.28. The highest BCUT2D eigenvalue weighted by molar-refractivity contribution is 7.99. The summed E-state index contributed by atoms with van der Waals surface area (Å²) in [5.41, 5.74) is 1.12. The molecule has 0 aromatic heterocycles. The smallest absolute Gasteiger partial charge is 0.224 e. The Labute approximate surface area is 143 Å². The van der Waals surface area contributed by atoms with E-state index in [1.165, 1.54) is 0 Å². The number of thioether (sulfide) groups is 1. The van der Waals surface area contributed by atoms with Crippen LogP contribution in [-0.2, 0) is 4.79 Å². The van der Waals surface area contributed by atoms with Gasteiger partial charge >= 0.3 is 0 Å². The third-order valence-electron chi connectivity index (χ3n) is 3.99. The van der Waals surface area contributed by atoms with Crippen molar-refractivity contribution in [3.05, 3.63) is 29.8 Å². The lowest BCUT2D eigenvalue weighted by molar-refractivity contribution is -0.132. The maximum Gasteiger partial charge on any atom is 0.224 e. The fraction of sp³-hybridized carbons (Fsp3) is 0.562. The van der Waals surface area contributed by atoms with Crippen LogP contribution in [0.3, 0.4) is 0 Å². The summed E-state index contributed by atoms with van der Waals surface area (Å²) in [6.45, 7) is 3.06. The number of carbonyl (C=O) groups excluding carboxylic acids is 1. The van der Waals surface area contributed by atoms with Crippen molar-refractivity contribution in [3.63, 3.8) is 0 Å². The predicted octanol–water partition coefficient (Wildman–Crippen LogP) is 2.73. The first-order valence-corrected chi connectivity index (χ1v) is 8.48. The van der Waals surface area contributed by atoms with Gasteiger partial charge in [0.05, 0.1) is 13.2 Å². The molecule has 0 bridgehead atoms. The van der Waals surface area contributed by atoms with Gasteiger partial charge in [0.1, 0.15) is 5.75 Å². The zero-order valence-corrected chi connectivity index (χ0v) is 15.0. The van der Waals surface area contributed by atoms with E-state index in [-0.39, 0.29) is 24.4 Å². The molecule has 0 radical (unpaired) electrons. The fourth-order valence-corrected chi connectivity index (χ4v) is 3.38. The number of hydrogen-bond acceptors (Lipinski definition) is 4. The number of halogens is 1. The van der Waals surface area contributed by atoms with Crippen LogP contribution in [0.2, 0.25) is 0 Å². The molecular weight excluding hydrogens is 320 g/mol. The van der Waals surface area contributed by atoms with Crippen molar-refractivity contribution in [1.29, 1.82) is 0 Å². The number of hydrogen-bond donors (Lipinski definition) is 1. The SMILES string of the molecule is COc1ccc(C(C)N(C)C(=O)CC2CSCCN2)cc1.Cl.